The Kier molecular flexibility index (Phi) is 6.39. The van der Waals surface area contributed by atoms with E-state index in [1.807, 2.05) is 55.5 Å². The van der Waals surface area contributed by atoms with Crippen LogP contribution in [-0.4, -0.2) is 28.7 Å². The minimum absolute atomic E-state index is 0.228. The van der Waals surface area contributed by atoms with Crippen LogP contribution in [0.25, 0.3) is 0 Å². The third-order valence-corrected chi connectivity index (χ3v) is 4.83. The van der Waals surface area contributed by atoms with Gasteiger partial charge in [-0.15, -0.1) is 0 Å². The van der Waals surface area contributed by atoms with E-state index in [1.54, 1.807) is 24.1 Å². The highest BCUT2D eigenvalue weighted by molar-refractivity contribution is 6.06. The molecule has 0 aliphatic heterocycles. The summed E-state index contributed by atoms with van der Waals surface area (Å²) in [6, 6.07) is 18.9. The number of carbonyl (C=O) groups excluding carboxylic acids is 2. The summed E-state index contributed by atoms with van der Waals surface area (Å²) in [6.07, 6.45) is 2.32. The largest absolute Gasteiger partial charge is 0.336 e. The molecule has 1 N–H and O–H groups in total. The molecule has 1 heterocycles. The average Bonchev–Trinajstić information content (AvgIpc) is 2.75. The maximum atomic E-state index is 12.8. The monoisotopic (exact) mass is 387 g/mol. The molecule has 5 nitrogen and oxygen atoms in total. The molecule has 29 heavy (non-hydrogen) atoms. The van der Waals surface area contributed by atoms with E-state index in [0.29, 0.717) is 12.1 Å². The molecule has 0 bridgehead atoms. The van der Waals surface area contributed by atoms with Crippen molar-refractivity contribution in [1.82, 2.24) is 9.88 Å². The minimum Gasteiger partial charge on any atom is -0.336 e. The Morgan fingerprint density at radius 1 is 1.03 bits per heavy atom. The van der Waals surface area contributed by atoms with Crippen molar-refractivity contribution >= 4 is 17.5 Å². The molecule has 0 saturated carbocycles. The van der Waals surface area contributed by atoms with E-state index in [1.165, 1.54) is 6.20 Å². The molecule has 2 amide bonds. The number of hydrogen-bond acceptors (Lipinski definition) is 3. The van der Waals surface area contributed by atoms with Gasteiger partial charge < -0.3 is 10.2 Å². The summed E-state index contributed by atoms with van der Waals surface area (Å²) in [5.74, 6) is -0.482. The lowest BCUT2D eigenvalue weighted by Crippen LogP contribution is -2.27. The van der Waals surface area contributed by atoms with Crippen LogP contribution in [0.15, 0.2) is 66.9 Å². The van der Waals surface area contributed by atoms with Crippen LogP contribution in [0.1, 0.15) is 44.5 Å². The highest BCUT2D eigenvalue weighted by Crippen LogP contribution is 2.22. The molecule has 0 saturated heterocycles. The number of nitrogens with zero attached hydrogens (tertiary/aromatic N) is 2. The summed E-state index contributed by atoms with van der Waals surface area (Å²) in [5.41, 5.74) is 4.59. The Hall–Kier alpha value is -3.47. The zero-order chi connectivity index (χ0) is 20.8. The SMILES string of the molecule is CCc1cccc(C)c1NC(=O)c1ccnc(C(=O)N(C)Cc2ccccc2)c1. The van der Waals surface area contributed by atoms with Gasteiger partial charge in [0.2, 0.25) is 0 Å². The molecule has 3 aromatic rings. The predicted molar refractivity (Wildman–Crippen MR) is 115 cm³/mol. The van der Waals surface area contributed by atoms with Gasteiger partial charge in [0.15, 0.2) is 0 Å². The Balaban J connectivity index is 1.77. The first-order valence-electron chi connectivity index (χ1n) is 9.65. The molecular weight excluding hydrogens is 362 g/mol. The number of anilines is 1. The average molecular weight is 387 g/mol. The fourth-order valence-corrected chi connectivity index (χ4v) is 3.20. The van der Waals surface area contributed by atoms with E-state index in [2.05, 4.69) is 17.2 Å². The van der Waals surface area contributed by atoms with Crippen LogP contribution in [0.2, 0.25) is 0 Å². The lowest BCUT2D eigenvalue weighted by molar-refractivity contribution is 0.0779. The van der Waals surface area contributed by atoms with Gasteiger partial charge in [-0.25, -0.2) is 0 Å². The van der Waals surface area contributed by atoms with Crippen LogP contribution in [0, 0.1) is 6.92 Å². The number of pyridine rings is 1. The fourth-order valence-electron chi connectivity index (χ4n) is 3.20. The summed E-state index contributed by atoms with van der Waals surface area (Å²) < 4.78 is 0. The maximum absolute atomic E-state index is 12.8. The van der Waals surface area contributed by atoms with Crippen molar-refractivity contribution < 1.29 is 9.59 Å². The van der Waals surface area contributed by atoms with Crippen LogP contribution in [0.3, 0.4) is 0 Å². The number of hydrogen-bond donors (Lipinski definition) is 1. The standard InChI is InChI=1S/C24H25N3O2/c1-4-19-12-8-9-17(2)22(19)26-23(28)20-13-14-25-21(15-20)24(29)27(3)16-18-10-6-5-7-11-18/h5-15H,4,16H2,1-3H3,(H,26,28). The Labute approximate surface area is 171 Å². The maximum Gasteiger partial charge on any atom is 0.272 e. The van der Waals surface area contributed by atoms with Crippen LogP contribution < -0.4 is 5.32 Å². The van der Waals surface area contributed by atoms with Gasteiger partial charge in [0.1, 0.15) is 5.69 Å². The number of aryl methyl sites for hydroxylation is 2. The van der Waals surface area contributed by atoms with Crippen molar-refractivity contribution in [2.24, 2.45) is 0 Å². The summed E-state index contributed by atoms with van der Waals surface area (Å²) in [6.45, 7) is 4.49. The number of para-hydroxylation sites is 1. The molecule has 0 radical (unpaired) electrons. The van der Waals surface area contributed by atoms with Gasteiger partial charge in [0.05, 0.1) is 0 Å². The number of benzene rings is 2. The van der Waals surface area contributed by atoms with Crippen molar-refractivity contribution in [1.29, 1.82) is 0 Å². The number of carbonyl (C=O) groups is 2. The topological polar surface area (TPSA) is 62.3 Å². The van der Waals surface area contributed by atoms with Crippen LogP contribution in [-0.2, 0) is 13.0 Å². The lowest BCUT2D eigenvalue weighted by atomic mass is 10.1. The molecular formula is C24H25N3O2. The molecule has 0 atom stereocenters. The first kappa shape index (κ1) is 20.3. The molecule has 0 unspecified atom stereocenters. The molecule has 0 aliphatic carbocycles. The summed E-state index contributed by atoms with van der Waals surface area (Å²) >= 11 is 0. The fraction of sp³-hybridized carbons (Fsp3) is 0.208. The summed E-state index contributed by atoms with van der Waals surface area (Å²) in [7, 11) is 1.73. The third-order valence-electron chi connectivity index (χ3n) is 4.83. The number of nitrogens with one attached hydrogen (secondary N) is 1. The number of aromatic nitrogens is 1. The second kappa shape index (κ2) is 9.15. The molecule has 148 valence electrons. The van der Waals surface area contributed by atoms with E-state index in [4.69, 9.17) is 0 Å². The third kappa shape index (κ3) is 4.88. The van der Waals surface area contributed by atoms with Crippen LogP contribution in [0.4, 0.5) is 5.69 Å². The normalized spacial score (nSPS) is 10.4. The molecule has 1 aromatic heterocycles. The molecule has 3 rings (SSSR count). The zero-order valence-corrected chi connectivity index (χ0v) is 17.0. The van der Waals surface area contributed by atoms with E-state index in [-0.39, 0.29) is 17.5 Å². The molecule has 2 aromatic carbocycles. The molecule has 0 fully saturated rings. The molecule has 0 spiro atoms. The van der Waals surface area contributed by atoms with E-state index in [9.17, 15) is 9.59 Å². The van der Waals surface area contributed by atoms with Gasteiger partial charge in [-0.05, 0) is 42.2 Å². The van der Waals surface area contributed by atoms with Gasteiger partial charge in [0.25, 0.3) is 11.8 Å². The van der Waals surface area contributed by atoms with Crippen molar-refractivity contribution in [3.8, 4) is 0 Å². The molecule has 5 heteroatoms. The summed E-state index contributed by atoms with van der Waals surface area (Å²) in [5, 5.41) is 2.99. The second-order valence-electron chi connectivity index (χ2n) is 6.99. The lowest BCUT2D eigenvalue weighted by Gasteiger charge is -2.17. The second-order valence-corrected chi connectivity index (χ2v) is 6.99. The highest BCUT2D eigenvalue weighted by atomic mass is 16.2. The van der Waals surface area contributed by atoms with E-state index >= 15 is 0 Å². The van der Waals surface area contributed by atoms with Gasteiger partial charge in [-0.1, -0.05) is 55.5 Å². The minimum atomic E-state index is -0.254. The summed E-state index contributed by atoms with van der Waals surface area (Å²) in [4.78, 5) is 31.3. The van der Waals surface area contributed by atoms with Crippen molar-refractivity contribution in [3.05, 3.63) is 94.8 Å². The Bertz CT molecular complexity index is 1020. The number of amides is 2. The van der Waals surface area contributed by atoms with Gasteiger partial charge in [0, 0.05) is 31.0 Å². The van der Waals surface area contributed by atoms with Gasteiger partial charge in [-0.3, -0.25) is 14.6 Å². The van der Waals surface area contributed by atoms with Crippen LogP contribution in [0.5, 0.6) is 0 Å². The quantitative estimate of drug-likeness (QED) is 0.678. The van der Waals surface area contributed by atoms with Gasteiger partial charge >= 0.3 is 0 Å². The van der Waals surface area contributed by atoms with Gasteiger partial charge in [-0.2, -0.15) is 0 Å². The van der Waals surface area contributed by atoms with Crippen molar-refractivity contribution in [2.75, 3.05) is 12.4 Å². The van der Waals surface area contributed by atoms with E-state index < -0.39 is 0 Å². The Morgan fingerprint density at radius 2 is 1.79 bits per heavy atom. The first-order chi connectivity index (χ1) is 14.0. The number of rotatable bonds is 6. The van der Waals surface area contributed by atoms with Crippen LogP contribution >= 0.6 is 0 Å². The molecule has 0 aliphatic rings. The van der Waals surface area contributed by atoms with Crippen molar-refractivity contribution in [2.45, 2.75) is 26.8 Å². The predicted octanol–water partition coefficient (Wildman–Crippen LogP) is 4.48. The first-order valence-corrected chi connectivity index (χ1v) is 9.65. The highest BCUT2D eigenvalue weighted by Gasteiger charge is 2.17. The Morgan fingerprint density at radius 3 is 2.52 bits per heavy atom. The smallest absolute Gasteiger partial charge is 0.272 e. The van der Waals surface area contributed by atoms with Crippen molar-refractivity contribution in [3.63, 3.8) is 0 Å². The van der Waals surface area contributed by atoms with E-state index in [0.717, 1.165) is 28.8 Å². The zero-order valence-electron chi connectivity index (χ0n) is 17.0.